The van der Waals surface area contributed by atoms with E-state index in [0.717, 1.165) is 46.8 Å². The fraction of sp³-hybridized carbons (Fsp3) is 0.143. The van der Waals surface area contributed by atoms with Crippen LogP contribution in [-0.2, 0) is 5.41 Å². The molecule has 5 nitrogen and oxygen atoms in total. The molecule has 0 saturated heterocycles. The summed E-state index contributed by atoms with van der Waals surface area (Å²) in [6, 6.07) is 17.2. The van der Waals surface area contributed by atoms with E-state index in [2.05, 4.69) is 27.3 Å². The van der Waals surface area contributed by atoms with Gasteiger partial charge in [0.15, 0.2) is 5.76 Å². The highest BCUT2D eigenvalue weighted by molar-refractivity contribution is 5.83. The third kappa shape index (κ3) is 2.24. The van der Waals surface area contributed by atoms with Crippen molar-refractivity contribution in [1.82, 2.24) is 15.1 Å². The molecule has 5 heteroatoms. The van der Waals surface area contributed by atoms with Gasteiger partial charge in [-0.2, -0.15) is 0 Å². The average molecular weight is 343 g/mol. The fourth-order valence-electron chi connectivity index (χ4n) is 3.53. The number of H-pyrrole nitrogens is 1. The predicted octanol–water partition coefficient (Wildman–Crippen LogP) is 4.52. The zero-order valence-electron chi connectivity index (χ0n) is 14.0. The Kier molecular flexibility index (Phi) is 3.22. The third-order valence-corrected chi connectivity index (χ3v) is 5.03. The largest absolute Gasteiger partial charge is 0.508 e. The van der Waals surface area contributed by atoms with Crippen molar-refractivity contribution in [2.75, 3.05) is 0 Å². The highest BCUT2D eigenvalue weighted by Crippen LogP contribution is 2.56. The summed E-state index contributed by atoms with van der Waals surface area (Å²) >= 11 is 0. The number of phenols is 1. The third-order valence-electron chi connectivity index (χ3n) is 5.03. The van der Waals surface area contributed by atoms with Crippen molar-refractivity contribution in [2.45, 2.75) is 18.3 Å². The van der Waals surface area contributed by atoms with Gasteiger partial charge in [0.05, 0.1) is 11.0 Å². The standard InChI is InChI=1S/C21H17N3O2/c25-16-8-6-15(7-9-16)18-17(14-4-2-1-3-5-14)19(26-24-18)21(10-11-21)20-22-12-13-23-20/h1-9,12-13,25H,10-11H2,(H,22,23). The second-order valence-electron chi connectivity index (χ2n) is 6.67. The Labute approximate surface area is 150 Å². The number of hydrogen-bond acceptors (Lipinski definition) is 4. The minimum Gasteiger partial charge on any atom is -0.508 e. The first-order chi connectivity index (χ1) is 12.8. The first kappa shape index (κ1) is 15.0. The maximum atomic E-state index is 9.60. The van der Waals surface area contributed by atoms with Gasteiger partial charge < -0.3 is 14.6 Å². The summed E-state index contributed by atoms with van der Waals surface area (Å²) in [7, 11) is 0. The van der Waals surface area contributed by atoms with E-state index in [0.29, 0.717) is 0 Å². The molecule has 0 radical (unpaired) electrons. The normalized spacial score (nSPS) is 15.1. The SMILES string of the molecule is Oc1ccc(-c2noc(C3(c4ncc[nH]4)CC3)c2-c2ccccc2)cc1. The van der Waals surface area contributed by atoms with Crippen molar-refractivity contribution in [1.29, 1.82) is 0 Å². The second kappa shape index (κ2) is 5.59. The molecule has 2 N–H and O–H groups in total. The summed E-state index contributed by atoms with van der Waals surface area (Å²) in [4.78, 5) is 7.72. The molecular formula is C21H17N3O2. The first-order valence-electron chi connectivity index (χ1n) is 8.63. The van der Waals surface area contributed by atoms with E-state index < -0.39 is 0 Å². The molecule has 128 valence electrons. The van der Waals surface area contributed by atoms with Crippen LogP contribution >= 0.6 is 0 Å². The molecule has 0 bridgehead atoms. The van der Waals surface area contributed by atoms with Crippen LogP contribution in [0.1, 0.15) is 24.4 Å². The smallest absolute Gasteiger partial charge is 0.158 e. The molecule has 1 aliphatic carbocycles. The van der Waals surface area contributed by atoms with Crippen LogP contribution in [-0.4, -0.2) is 20.2 Å². The van der Waals surface area contributed by atoms with Crippen molar-refractivity contribution < 1.29 is 9.63 Å². The summed E-state index contributed by atoms with van der Waals surface area (Å²) in [5, 5.41) is 14.0. The number of nitrogens with one attached hydrogen (secondary N) is 1. The van der Waals surface area contributed by atoms with Crippen LogP contribution in [0.3, 0.4) is 0 Å². The molecule has 2 heterocycles. The maximum Gasteiger partial charge on any atom is 0.158 e. The minimum absolute atomic E-state index is 0.230. The lowest BCUT2D eigenvalue weighted by Crippen LogP contribution is -2.11. The number of hydrogen-bond donors (Lipinski definition) is 2. The van der Waals surface area contributed by atoms with Crippen LogP contribution in [0.15, 0.2) is 71.5 Å². The predicted molar refractivity (Wildman–Crippen MR) is 97.6 cm³/mol. The minimum atomic E-state index is -0.239. The quantitative estimate of drug-likeness (QED) is 0.571. The van der Waals surface area contributed by atoms with E-state index in [-0.39, 0.29) is 11.2 Å². The van der Waals surface area contributed by atoms with Gasteiger partial charge in [0, 0.05) is 18.0 Å². The second-order valence-corrected chi connectivity index (χ2v) is 6.67. The highest BCUT2D eigenvalue weighted by Gasteiger charge is 2.53. The summed E-state index contributed by atoms with van der Waals surface area (Å²) < 4.78 is 5.91. The van der Waals surface area contributed by atoms with Gasteiger partial charge in [-0.25, -0.2) is 4.98 Å². The van der Waals surface area contributed by atoms with Gasteiger partial charge in [-0.1, -0.05) is 35.5 Å². The molecule has 1 aliphatic rings. The molecule has 5 rings (SSSR count). The van der Waals surface area contributed by atoms with Crippen LogP contribution in [0, 0.1) is 0 Å². The Bertz CT molecular complexity index is 1030. The summed E-state index contributed by atoms with van der Waals surface area (Å²) in [5.41, 5.74) is 3.50. The van der Waals surface area contributed by atoms with Crippen molar-refractivity contribution in [2.24, 2.45) is 0 Å². The zero-order valence-corrected chi connectivity index (χ0v) is 14.0. The summed E-state index contributed by atoms with van der Waals surface area (Å²) in [6.45, 7) is 0. The van der Waals surface area contributed by atoms with Crippen LogP contribution in [0.2, 0.25) is 0 Å². The van der Waals surface area contributed by atoms with E-state index in [1.165, 1.54) is 0 Å². The lowest BCUT2D eigenvalue weighted by atomic mass is 9.91. The summed E-state index contributed by atoms with van der Waals surface area (Å²) in [5.74, 6) is 2.00. The van der Waals surface area contributed by atoms with Crippen LogP contribution in [0.4, 0.5) is 0 Å². The Morgan fingerprint density at radius 1 is 0.962 bits per heavy atom. The molecular weight excluding hydrogens is 326 g/mol. The average Bonchev–Trinajstić information content (AvgIpc) is 3.11. The molecule has 0 amide bonds. The van der Waals surface area contributed by atoms with E-state index in [4.69, 9.17) is 4.52 Å². The van der Waals surface area contributed by atoms with Crippen LogP contribution in [0.5, 0.6) is 5.75 Å². The number of benzene rings is 2. The molecule has 4 aromatic rings. The number of nitrogens with zero attached hydrogens (tertiary/aromatic N) is 2. The van der Waals surface area contributed by atoms with E-state index in [1.807, 2.05) is 36.5 Å². The molecule has 1 fully saturated rings. The molecule has 26 heavy (non-hydrogen) atoms. The van der Waals surface area contributed by atoms with Crippen LogP contribution in [0.25, 0.3) is 22.4 Å². The zero-order chi connectivity index (χ0) is 17.6. The number of aromatic hydroxyl groups is 1. The summed E-state index contributed by atoms with van der Waals surface area (Å²) in [6.07, 6.45) is 5.57. The fourth-order valence-corrected chi connectivity index (χ4v) is 3.53. The number of aromatic nitrogens is 3. The van der Waals surface area contributed by atoms with Gasteiger partial charge in [0.1, 0.15) is 17.3 Å². The topological polar surface area (TPSA) is 74.9 Å². The Hall–Kier alpha value is -3.34. The Morgan fingerprint density at radius 2 is 1.73 bits per heavy atom. The van der Waals surface area contributed by atoms with Crippen molar-refractivity contribution >= 4 is 0 Å². The van der Waals surface area contributed by atoms with E-state index in [1.54, 1.807) is 18.3 Å². The van der Waals surface area contributed by atoms with Crippen LogP contribution < -0.4 is 0 Å². The molecule has 2 aromatic carbocycles. The number of aromatic amines is 1. The molecule has 0 atom stereocenters. The van der Waals surface area contributed by atoms with Crippen molar-refractivity contribution in [3.05, 3.63) is 78.6 Å². The highest BCUT2D eigenvalue weighted by atomic mass is 16.5. The van der Waals surface area contributed by atoms with Gasteiger partial charge in [0.2, 0.25) is 0 Å². The van der Waals surface area contributed by atoms with Gasteiger partial charge in [-0.05, 0) is 42.7 Å². The lowest BCUT2D eigenvalue weighted by molar-refractivity contribution is 0.365. The van der Waals surface area contributed by atoms with Gasteiger partial charge in [0.25, 0.3) is 0 Å². The van der Waals surface area contributed by atoms with Gasteiger partial charge >= 0.3 is 0 Å². The lowest BCUT2D eigenvalue weighted by Gasteiger charge is -2.12. The number of imidazole rings is 1. The van der Waals surface area contributed by atoms with E-state index in [9.17, 15) is 5.11 Å². The van der Waals surface area contributed by atoms with E-state index >= 15 is 0 Å². The van der Waals surface area contributed by atoms with Gasteiger partial charge in [-0.15, -0.1) is 0 Å². The van der Waals surface area contributed by atoms with Gasteiger partial charge in [-0.3, -0.25) is 0 Å². The molecule has 1 saturated carbocycles. The van der Waals surface area contributed by atoms with Crippen molar-refractivity contribution in [3.8, 4) is 28.1 Å². The molecule has 0 aliphatic heterocycles. The molecule has 0 spiro atoms. The monoisotopic (exact) mass is 343 g/mol. The molecule has 0 unspecified atom stereocenters. The Morgan fingerprint density at radius 3 is 2.38 bits per heavy atom. The number of rotatable bonds is 4. The maximum absolute atomic E-state index is 9.60. The first-order valence-corrected chi connectivity index (χ1v) is 8.63. The molecule has 2 aromatic heterocycles. The Balaban J connectivity index is 1.73. The number of phenolic OH excluding ortho intramolecular Hbond substituents is 1. The van der Waals surface area contributed by atoms with Crippen molar-refractivity contribution in [3.63, 3.8) is 0 Å².